The number of nitrogens with zero attached hydrogens (tertiary/aromatic N) is 3. The van der Waals surface area contributed by atoms with Gasteiger partial charge in [-0.1, -0.05) is 53.8 Å². The van der Waals surface area contributed by atoms with E-state index in [1.807, 2.05) is 66.7 Å². The summed E-state index contributed by atoms with van der Waals surface area (Å²) in [5.41, 5.74) is 3.92. The van der Waals surface area contributed by atoms with Crippen LogP contribution in [0.1, 0.15) is 15.9 Å². The first-order chi connectivity index (χ1) is 17.1. The van der Waals surface area contributed by atoms with Gasteiger partial charge in [-0.3, -0.25) is 4.79 Å². The SMILES string of the molecule is COc1ccc(/C=N/N(C(=O)c2ccc(-c3ccccc3)cc2)c2nc3ccc(F)cc3s2)cc1. The normalized spacial score (nSPS) is 11.1. The highest BCUT2D eigenvalue weighted by molar-refractivity contribution is 7.22. The molecule has 35 heavy (non-hydrogen) atoms. The molecular weight excluding hydrogens is 461 g/mol. The van der Waals surface area contributed by atoms with Gasteiger partial charge in [-0.25, -0.2) is 9.37 Å². The molecule has 0 aliphatic heterocycles. The van der Waals surface area contributed by atoms with E-state index >= 15 is 0 Å². The first-order valence-electron chi connectivity index (χ1n) is 10.8. The van der Waals surface area contributed by atoms with Crippen molar-refractivity contribution in [3.63, 3.8) is 0 Å². The Balaban J connectivity index is 1.50. The van der Waals surface area contributed by atoms with Crippen LogP contribution in [-0.2, 0) is 0 Å². The van der Waals surface area contributed by atoms with Crippen molar-refractivity contribution in [3.8, 4) is 16.9 Å². The summed E-state index contributed by atoms with van der Waals surface area (Å²) in [6.45, 7) is 0. The fourth-order valence-electron chi connectivity index (χ4n) is 3.54. The van der Waals surface area contributed by atoms with Gasteiger partial charge in [0.1, 0.15) is 11.6 Å². The second kappa shape index (κ2) is 9.87. The van der Waals surface area contributed by atoms with Crippen molar-refractivity contribution in [3.05, 3.63) is 114 Å². The lowest BCUT2D eigenvalue weighted by molar-refractivity contribution is 0.0988. The predicted octanol–water partition coefficient (Wildman–Crippen LogP) is 6.79. The molecule has 1 aromatic heterocycles. The van der Waals surface area contributed by atoms with Gasteiger partial charge in [0.15, 0.2) is 0 Å². The summed E-state index contributed by atoms with van der Waals surface area (Å²) in [7, 11) is 1.60. The smallest absolute Gasteiger partial charge is 0.280 e. The number of carbonyl (C=O) groups excluding carboxylic acids is 1. The minimum absolute atomic E-state index is 0.339. The zero-order chi connectivity index (χ0) is 24.2. The van der Waals surface area contributed by atoms with Gasteiger partial charge in [0.05, 0.1) is 23.5 Å². The minimum Gasteiger partial charge on any atom is -0.497 e. The van der Waals surface area contributed by atoms with Crippen molar-refractivity contribution in [2.45, 2.75) is 0 Å². The molecule has 4 aromatic carbocycles. The second-order valence-electron chi connectivity index (χ2n) is 7.69. The Morgan fingerprint density at radius 1 is 0.943 bits per heavy atom. The maximum atomic E-state index is 13.7. The van der Waals surface area contributed by atoms with E-state index in [0.29, 0.717) is 20.9 Å². The van der Waals surface area contributed by atoms with Gasteiger partial charge in [0.2, 0.25) is 5.13 Å². The van der Waals surface area contributed by atoms with Crippen LogP contribution in [0.3, 0.4) is 0 Å². The molecule has 5 rings (SSSR count). The number of halogens is 1. The lowest BCUT2D eigenvalue weighted by Crippen LogP contribution is -2.25. The monoisotopic (exact) mass is 481 g/mol. The molecule has 7 heteroatoms. The number of methoxy groups -OCH3 is 1. The van der Waals surface area contributed by atoms with Gasteiger partial charge >= 0.3 is 0 Å². The first kappa shape index (κ1) is 22.4. The number of hydrogen-bond acceptors (Lipinski definition) is 5. The fraction of sp³-hybridized carbons (Fsp3) is 0.0357. The molecule has 172 valence electrons. The second-order valence-corrected chi connectivity index (χ2v) is 8.70. The summed E-state index contributed by atoms with van der Waals surface area (Å²) in [5.74, 6) is 0.0273. The van der Waals surface area contributed by atoms with Crippen molar-refractivity contribution in [1.29, 1.82) is 0 Å². The maximum absolute atomic E-state index is 13.7. The highest BCUT2D eigenvalue weighted by atomic mass is 32.1. The average Bonchev–Trinajstić information content (AvgIpc) is 3.32. The third-order valence-electron chi connectivity index (χ3n) is 5.39. The molecule has 0 unspecified atom stereocenters. The Labute approximate surface area is 205 Å². The minimum atomic E-state index is -0.358. The third kappa shape index (κ3) is 4.95. The third-order valence-corrected chi connectivity index (χ3v) is 6.38. The molecule has 0 saturated heterocycles. The molecule has 1 heterocycles. The van der Waals surface area contributed by atoms with E-state index < -0.39 is 0 Å². The van der Waals surface area contributed by atoms with Crippen LogP contribution in [0.4, 0.5) is 9.52 Å². The Morgan fingerprint density at radius 3 is 2.37 bits per heavy atom. The number of benzene rings is 4. The number of aromatic nitrogens is 1. The summed E-state index contributed by atoms with van der Waals surface area (Å²) in [5, 5.41) is 6.07. The Morgan fingerprint density at radius 2 is 1.66 bits per heavy atom. The highest BCUT2D eigenvalue weighted by Gasteiger charge is 2.21. The number of hydrogen-bond donors (Lipinski definition) is 0. The molecule has 5 aromatic rings. The average molecular weight is 482 g/mol. The van der Waals surface area contributed by atoms with Crippen molar-refractivity contribution in [2.24, 2.45) is 5.10 Å². The van der Waals surface area contributed by atoms with Gasteiger partial charge in [0, 0.05) is 5.56 Å². The summed E-state index contributed by atoms with van der Waals surface area (Å²) in [4.78, 5) is 18.1. The molecule has 5 nitrogen and oxygen atoms in total. The van der Waals surface area contributed by atoms with Crippen LogP contribution in [0.5, 0.6) is 5.75 Å². The van der Waals surface area contributed by atoms with Crippen LogP contribution >= 0.6 is 11.3 Å². The Kier molecular flexibility index (Phi) is 6.32. The number of amides is 1. The van der Waals surface area contributed by atoms with Crippen LogP contribution in [0.25, 0.3) is 21.3 Å². The first-order valence-corrected chi connectivity index (χ1v) is 11.7. The summed E-state index contributed by atoms with van der Waals surface area (Å²) >= 11 is 1.20. The molecule has 0 saturated carbocycles. The highest BCUT2D eigenvalue weighted by Crippen LogP contribution is 2.31. The van der Waals surface area contributed by atoms with Gasteiger partial charge in [-0.15, -0.1) is 0 Å². The largest absolute Gasteiger partial charge is 0.497 e. The van der Waals surface area contributed by atoms with Crippen LogP contribution < -0.4 is 9.75 Å². The lowest BCUT2D eigenvalue weighted by atomic mass is 10.0. The summed E-state index contributed by atoms with van der Waals surface area (Å²) < 4.78 is 19.6. The van der Waals surface area contributed by atoms with Gasteiger partial charge in [0.25, 0.3) is 5.91 Å². The van der Waals surface area contributed by atoms with E-state index in [0.717, 1.165) is 22.4 Å². The van der Waals surface area contributed by atoms with Crippen molar-refractivity contribution in [1.82, 2.24) is 4.98 Å². The van der Waals surface area contributed by atoms with Gasteiger partial charge in [-0.05, 0) is 71.3 Å². The quantitative estimate of drug-likeness (QED) is 0.198. The molecule has 0 spiro atoms. The van der Waals surface area contributed by atoms with Crippen LogP contribution in [0.2, 0.25) is 0 Å². The van der Waals surface area contributed by atoms with E-state index in [-0.39, 0.29) is 11.7 Å². The van der Waals surface area contributed by atoms with Crippen LogP contribution in [0, 0.1) is 5.82 Å². The van der Waals surface area contributed by atoms with Gasteiger partial charge < -0.3 is 4.74 Å². The zero-order valence-corrected chi connectivity index (χ0v) is 19.6. The number of hydrazone groups is 1. The number of rotatable bonds is 6. The standard InChI is InChI=1S/C28H20FN3O2S/c1-34-24-14-7-19(8-15-24)18-30-32(28-31-25-16-13-23(29)17-26(25)35-28)27(33)22-11-9-21(10-12-22)20-5-3-2-4-6-20/h2-18H,1H3/b30-18+. The molecule has 0 radical (unpaired) electrons. The number of ether oxygens (including phenoxy) is 1. The molecule has 0 N–H and O–H groups in total. The summed E-state index contributed by atoms with van der Waals surface area (Å²) in [6, 6.07) is 28.9. The molecular formula is C28H20FN3O2S. The molecule has 0 aliphatic carbocycles. The van der Waals surface area contributed by atoms with Gasteiger partial charge in [-0.2, -0.15) is 10.1 Å². The topological polar surface area (TPSA) is 54.8 Å². The van der Waals surface area contributed by atoms with Crippen molar-refractivity contribution < 1.29 is 13.9 Å². The number of anilines is 1. The molecule has 0 atom stereocenters. The zero-order valence-electron chi connectivity index (χ0n) is 18.8. The molecule has 0 bridgehead atoms. The van der Waals surface area contributed by atoms with Crippen LogP contribution in [0.15, 0.2) is 102 Å². The van der Waals surface area contributed by atoms with Crippen LogP contribution in [-0.4, -0.2) is 24.2 Å². The lowest BCUT2D eigenvalue weighted by Gasteiger charge is -2.14. The molecule has 0 aliphatic rings. The maximum Gasteiger partial charge on any atom is 0.280 e. The Bertz CT molecular complexity index is 1500. The van der Waals surface area contributed by atoms with Crippen molar-refractivity contribution in [2.75, 3.05) is 12.1 Å². The van der Waals surface area contributed by atoms with Crippen molar-refractivity contribution >= 4 is 38.8 Å². The van der Waals surface area contributed by atoms with E-state index in [9.17, 15) is 9.18 Å². The number of thiazole rings is 1. The fourth-order valence-corrected chi connectivity index (χ4v) is 4.49. The van der Waals surface area contributed by atoms with E-state index in [1.165, 1.54) is 28.5 Å². The molecule has 1 amide bonds. The van der Waals surface area contributed by atoms with E-state index in [4.69, 9.17) is 4.74 Å². The van der Waals surface area contributed by atoms with E-state index in [2.05, 4.69) is 10.1 Å². The summed E-state index contributed by atoms with van der Waals surface area (Å²) in [6.07, 6.45) is 1.59. The molecule has 0 fully saturated rings. The number of fused-ring (bicyclic) bond motifs is 1. The van der Waals surface area contributed by atoms with E-state index in [1.54, 1.807) is 31.5 Å². The number of carbonyl (C=O) groups is 1. The Hall–Kier alpha value is -4.36. The predicted molar refractivity (Wildman–Crippen MR) is 139 cm³/mol.